The monoisotopic (exact) mass is 270 g/mol. The Kier molecular flexibility index (Phi) is 5.12. The van der Waals surface area contributed by atoms with Gasteiger partial charge in [0.2, 0.25) is 5.91 Å². The maximum absolute atomic E-state index is 11.7. The molecular weight excluding hydrogens is 256 g/mol. The van der Waals surface area contributed by atoms with Crippen LogP contribution in [0.25, 0.3) is 0 Å². The maximum atomic E-state index is 11.7. The molecular formula is C12H15ClN2O3. The van der Waals surface area contributed by atoms with E-state index < -0.39 is 17.9 Å². The van der Waals surface area contributed by atoms with Gasteiger partial charge in [-0.2, -0.15) is 0 Å². The normalized spacial score (nSPS) is 11.9. The first-order valence-corrected chi connectivity index (χ1v) is 5.82. The third kappa shape index (κ3) is 4.35. The van der Waals surface area contributed by atoms with Crippen molar-refractivity contribution in [1.29, 1.82) is 0 Å². The van der Waals surface area contributed by atoms with Gasteiger partial charge in [0.15, 0.2) is 0 Å². The lowest BCUT2D eigenvalue weighted by atomic mass is 10.1. The molecule has 0 spiro atoms. The van der Waals surface area contributed by atoms with Crippen LogP contribution in [-0.2, 0) is 9.59 Å². The van der Waals surface area contributed by atoms with E-state index in [4.69, 9.17) is 22.4 Å². The first kappa shape index (κ1) is 14.5. The topological polar surface area (TPSA) is 92.4 Å². The van der Waals surface area contributed by atoms with Crippen LogP contribution in [0.1, 0.15) is 18.4 Å². The summed E-state index contributed by atoms with van der Waals surface area (Å²) >= 11 is 5.92. The zero-order valence-electron chi connectivity index (χ0n) is 9.94. The predicted molar refractivity (Wildman–Crippen MR) is 69.7 cm³/mol. The van der Waals surface area contributed by atoms with Crippen molar-refractivity contribution in [2.45, 2.75) is 25.8 Å². The summed E-state index contributed by atoms with van der Waals surface area (Å²) in [5.41, 5.74) is 7.01. The first-order chi connectivity index (χ1) is 8.40. The number of nitrogens with two attached hydrogens (primary N) is 1. The highest BCUT2D eigenvalue weighted by atomic mass is 35.5. The minimum atomic E-state index is -0.980. The minimum absolute atomic E-state index is 0.0879. The van der Waals surface area contributed by atoms with Crippen LogP contribution >= 0.6 is 11.6 Å². The van der Waals surface area contributed by atoms with E-state index in [1.165, 1.54) is 0 Å². The van der Waals surface area contributed by atoms with E-state index in [0.29, 0.717) is 10.7 Å². The van der Waals surface area contributed by atoms with Crippen LogP contribution in [0.2, 0.25) is 5.02 Å². The molecule has 0 aliphatic rings. The molecule has 4 N–H and O–H groups in total. The molecule has 0 radical (unpaired) electrons. The number of carboxylic acid groups (broad SMARTS) is 1. The number of halogens is 1. The molecule has 0 saturated carbocycles. The summed E-state index contributed by atoms with van der Waals surface area (Å²) in [7, 11) is 0. The molecule has 18 heavy (non-hydrogen) atoms. The molecule has 1 amide bonds. The number of hydrogen-bond acceptors (Lipinski definition) is 3. The second kappa shape index (κ2) is 6.37. The molecule has 1 rings (SSSR count). The summed E-state index contributed by atoms with van der Waals surface area (Å²) in [5, 5.41) is 11.5. The SMILES string of the molecule is Cc1ccc(Cl)c(NC(=O)C(N)CCC(=O)O)c1. The number of benzene rings is 1. The molecule has 0 aromatic heterocycles. The van der Waals surface area contributed by atoms with Crippen molar-refractivity contribution >= 4 is 29.2 Å². The lowest BCUT2D eigenvalue weighted by Crippen LogP contribution is -2.36. The fourth-order valence-electron chi connectivity index (χ4n) is 1.37. The second-order valence-corrected chi connectivity index (χ2v) is 4.42. The van der Waals surface area contributed by atoms with E-state index in [2.05, 4.69) is 5.32 Å². The highest BCUT2D eigenvalue weighted by molar-refractivity contribution is 6.33. The van der Waals surface area contributed by atoms with Crippen LogP contribution in [0, 0.1) is 6.92 Å². The molecule has 0 aliphatic carbocycles. The smallest absolute Gasteiger partial charge is 0.303 e. The van der Waals surface area contributed by atoms with E-state index in [9.17, 15) is 9.59 Å². The van der Waals surface area contributed by atoms with Crippen LogP contribution in [-0.4, -0.2) is 23.0 Å². The van der Waals surface area contributed by atoms with Crippen LogP contribution in [0.3, 0.4) is 0 Å². The molecule has 5 nitrogen and oxygen atoms in total. The van der Waals surface area contributed by atoms with E-state index in [0.717, 1.165) is 5.56 Å². The van der Waals surface area contributed by atoms with Crippen molar-refractivity contribution in [2.75, 3.05) is 5.32 Å². The van der Waals surface area contributed by atoms with E-state index in [1.54, 1.807) is 12.1 Å². The van der Waals surface area contributed by atoms with Crippen molar-refractivity contribution in [1.82, 2.24) is 0 Å². The highest BCUT2D eigenvalue weighted by Crippen LogP contribution is 2.22. The average molecular weight is 271 g/mol. The number of nitrogens with one attached hydrogen (secondary N) is 1. The Labute approximate surface area is 110 Å². The first-order valence-electron chi connectivity index (χ1n) is 5.44. The van der Waals surface area contributed by atoms with Gasteiger partial charge in [-0.15, -0.1) is 0 Å². The number of amides is 1. The summed E-state index contributed by atoms with van der Waals surface area (Å²) in [6.07, 6.45) is -0.0548. The number of carboxylic acids is 1. The maximum Gasteiger partial charge on any atom is 0.303 e. The molecule has 1 aromatic rings. The molecule has 1 aromatic carbocycles. The average Bonchev–Trinajstić information content (AvgIpc) is 2.30. The van der Waals surface area contributed by atoms with Crippen molar-refractivity contribution in [3.05, 3.63) is 28.8 Å². The number of aliphatic carboxylic acids is 1. The van der Waals surface area contributed by atoms with Gasteiger partial charge in [0, 0.05) is 6.42 Å². The van der Waals surface area contributed by atoms with Gasteiger partial charge in [-0.3, -0.25) is 9.59 Å². The summed E-state index contributed by atoms with van der Waals surface area (Å²) in [6.45, 7) is 1.87. The van der Waals surface area contributed by atoms with Gasteiger partial charge >= 0.3 is 5.97 Å². The molecule has 1 atom stereocenters. The number of aryl methyl sites for hydroxylation is 1. The standard InChI is InChI=1S/C12H15ClN2O3/c1-7-2-3-8(13)10(6-7)15-12(18)9(14)4-5-11(16)17/h2-3,6,9H,4-5,14H2,1H3,(H,15,18)(H,16,17). The van der Waals surface area contributed by atoms with Gasteiger partial charge in [0.05, 0.1) is 16.8 Å². The number of carbonyl (C=O) groups excluding carboxylic acids is 1. The lowest BCUT2D eigenvalue weighted by molar-refractivity contribution is -0.137. The van der Waals surface area contributed by atoms with Crippen LogP contribution in [0.15, 0.2) is 18.2 Å². The second-order valence-electron chi connectivity index (χ2n) is 4.01. The fourth-order valence-corrected chi connectivity index (χ4v) is 1.54. The Morgan fingerprint density at radius 2 is 2.17 bits per heavy atom. The number of rotatable bonds is 5. The van der Waals surface area contributed by atoms with Crippen LogP contribution < -0.4 is 11.1 Å². The fraction of sp³-hybridized carbons (Fsp3) is 0.333. The summed E-state index contributed by atoms with van der Waals surface area (Å²) in [5.74, 6) is -1.42. The third-order valence-electron chi connectivity index (χ3n) is 2.39. The predicted octanol–water partition coefficient (Wildman–Crippen LogP) is 1.78. The van der Waals surface area contributed by atoms with Crippen LogP contribution in [0.5, 0.6) is 0 Å². The zero-order chi connectivity index (χ0) is 13.7. The van der Waals surface area contributed by atoms with Crippen molar-refractivity contribution in [3.63, 3.8) is 0 Å². The number of carbonyl (C=O) groups is 2. The third-order valence-corrected chi connectivity index (χ3v) is 2.72. The van der Waals surface area contributed by atoms with Gasteiger partial charge in [-0.05, 0) is 31.0 Å². The van der Waals surface area contributed by atoms with Gasteiger partial charge < -0.3 is 16.2 Å². The Morgan fingerprint density at radius 3 is 2.78 bits per heavy atom. The van der Waals surface area contributed by atoms with Crippen molar-refractivity contribution < 1.29 is 14.7 Å². The molecule has 1 unspecified atom stereocenters. The van der Waals surface area contributed by atoms with E-state index in [-0.39, 0.29) is 12.8 Å². The largest absolute Gasteiger partial charge is 0.481 e. The Morgan fingerprint density at radius 1 is 1.50 bits per heavy atom. The highest BCUT2D eigenvalue weighted by Gasteiger charge is 2.16. The Bertz CT molecular complexity index is 463. The van der Waals surface area contributed by atoms with Gasteiger partial charge in [-0.1, -0.05) is 17.7 Å². The molecule has 98 valence electrons. The van der Waals surface area contributed by atoms with Crippen LogP contribution in [0.4, 0.5) is 5.69 Å². The number of hydrogen-bond donors (Lipinski definition) is 3. The molecule has 0 saturated heterocycles. The summed E-state index contributed by atoms with van der Waals surface area (Å²) < 4.78 is 0. The zero-order valence-corrected chi connectivity index (χ0v) is 10.7. The van der Waals surface area contributed by atoms with Gasteiger partial charge in [0.25, 0.3) is 0 Å². The van der Waals surface area contributed by atoms with Crippen molar-refractivity contribution in [2.24, 2.45) is 5.73 Å². The van der Waals surface area contributed by atoms with E-state index >= 15 is 0 Å². The molecule has 6 heteroatoms. The van der Waals surface area contributed by atoms with Crippen molar-refractivity contribution in [3.8, 4) is 0 Å². The Hall–Kier alpha value is -1.59. The Balaban J connectivity index is 2.63. The lowest BCUT2D eigenvalue weighted by Gasteiger charge is -2.12. The molecule has 0 fully saturated rings. The summed E-state index contributed by atoms with van der Waals surface area (Å²) in [4.78, 5) is 22.1. The number of anilines is 1. The molecule has 0 bridgehead atoms. The van der Waals surface area contributed by atoms with E-state index in [1.807, 2.05) is 13.0 Å². The molecule has 0 aliphatic heterocycles. The quantitative estimate of drug-likeness (QED) is 0.760. The van der Waals surface area contributed by atoms with Gasteiger partial charge in [-0.25, -0.2) is 0 Å². The summed E-state index contributed by atoms with van der Waals surface area (Å²) in [6, 6.07) is 4.36. The van der Waals surface area contributed by atoms with Gasteiger partial charge in [0.1, 0.15) is 0 Å². The minimum Gasteiger partial charge on any atom is -0.481 e. The molecule has 0 heterocycles.